The molecule has 0 aromatic heterocycles. The largest absolute Gasteiger partial charge is 0.389 e. The monoisotopic (exact) mass is 201 g/mol. The van der Waals surface area contributed by atoms with Crippen LogP contribution in [-0.4, -0.2) is 34.3 Å². The summed E-state index contributed by atoms with van der Waals surface area (Å²) in [4.78, 5) is 0. The Balaban J connectivity index is 1.72. The van der Waals surface area contributed by atoms with Gasteiger partial charge in [-0.2, -0.15) is 11.8 Å². The molecule has 2 rings (SSSR count). The zero-order valence-corrected chi connectivity index (χ0v) is 9.07. The van der Waals surface area contributed by atoms with E-state index >= 15 is 0 Å². The van der Waals surface area contributed by atoms with Gasteiger partial charge in [0.05, 0.1) is 5.60 Å². The molecule has 0 radical (unpaired) electrons. The number of hydrogen-bond donors (Lipinski definition) is 2. The van der Waals surface area contributed by atoms with Crippen LogP contribution >= 0.6 is 11.8 Å². The molecule has 2 fully saturated rings. The third kappa shape index (κ3) is 2.20. The van der Waals surface area contributed by atoms with Crippen LogP contribution < -0.4 is 5.32 Å². The Bertz CT molecular complexity index is 182. The van der Waals surface area contributed by atoms with Gasteiger partial charge in [0.1, 0.15) is 0 Å². The number of hydrogen-bond acceptors (Lipinski definition) is 3. The molecule has 76 valence electrons. The van der Waals surface area contributed by atoms with Crippen LogP contribution in [0.15, 0.2) is 0 Å². The summed E-state index contributed by atoms with van der Waals surface area (Å²) in [6, 6.07) is 0.634. The molecule has 2 unspecified atom stereocenters. The zero-order valence-electron chi connectivity index (χ0n) is 8.25. The molecule has 2 atom stereocenters. The minimum Gasteiger partial charge on any atom is -0.389 e. The van der Waals surface area contributed by atoms with Crippen molar-refractivity contribution in [2.45, 2.75) is 49.5 Å². The van der Waals surface area contributed by atoms with Gasteiger partial charge in [-0.1, -0.05) is 6.92 Å². The lowest BCUT2D eigenvalue weighted by molar-refractivity contribution is -0.0330. The van der Waals surface area contributed by atoms with Crippen LogP contribution in [0.25, 0.3) is 0 Å². The topological polar surface area (TPSA) is 32.3 Å². The number of thioether (sulfide) groups is 1. The number of rotatable bonds is 3. The Morgan fingerprint density at radius 3 is 2.77 bits per heavy atom. The Hall–Kier alpha value is 0.270. The summed E-state index contributed by atoms with van der Waals surface area (Å²) in [6.45, 7) is 3.09. The smallest absolute Gasteiger partial charge is 0.0771 e. The number of aliphatic hydroxyl groups is 1. The lowest BCUT2D eigenvalue weighted by Gasteiger charge is -2.38. The summed E-state index contributed by atoms with van der Waals surface area (Å²) in [7, 11) is 0. The maximum absolute atomic E-state index is 9.89. The maximum Gasteiger partial charge on any atom is 0.0771 e. The maximum atomic E-state index is 9.89. The van der Waals surface area contributed by atoms with E-state index in [1.807, 2.05) is 11.8 Å². The third-order valence-corrected chi connectivity index (χ3v) is 4.68. The van der Waals surface area contributed by atoms with Crippen molar-refractivity contribution in [1.29, 1.82) is 0 Å². The predicted molar refractivity (Wildman–Crippen MR) is 57.1 cm³/mol. The van der Waals surface area contributed by atoms with E-state index in [2.05, 4.69) is 12.2 Å². The molecule has 0 aromatic carbocycles. The van der Waals surface area contributed by atoms with E-state index in [4.69, 9.17) is 0 Å². The molecule has 0 spiro atoms. The molecule has 1 aliphatic heterocycles. The van der Waals surface area contributed by atoms with Gasteiger partial charge in [-0.15, -0.1) is 0 Å². The Labute approximate surface area is 84.5 Å². The second-order valence-electron chi connectivity index (χ2n) is 4.43. The third-order valence-electron chi connectivity index (χ3n) is 3.35. The fraction of sp³-hybridized carbons (Fsp3) is 1.00. The molecule has 0 amide bonds. The van der Waals surface area contributed by atoms with Gasteiger partial charge < -0.3 is 10.4 Å². The van der Waals surface area contributed by atoms with E-state index in [1.165, 1.54) is 18.6 Å². The second-order valence-corrected chi connectivity index (χ2v) is 5.92. The molecule has 13 heavy (non-hydrogen) atoms. The fourth-order valence-corrected chi connectivity index (χ4v) is 3.31. The van der Waals surface area contributed by atoms with Gasteiger partial charge in [-0.25, -0.2) is 0 Å². The molecular formula is C10H19NOS. The lowest BCUT2D eigenvalue weighted by atomic mass is 9.80. The number of nitrogens with one attached hydrogen (secondary N) is 1. The standard InChI is InChI=1S/C10H19NOS/c1-8-9(3-6-13-8)11-7-10(12)4-2-5-10/h8-9,11-12H,2-7H2,1H3. The molecule has 2 N–H and O–H groups in total. The fourth-order valence-electron chi connectivity index (χ4n) is 2.08. The van der Waals surface area contributed by atoms with E-state index in [9.17, 15) is 5.11 Å². The summed E-state index contributed by atoms with van der Waals surface area (Å²) < 4.78 is 0. The molecule has 2 aliphatic rings. The summed E-state index contributed by atoms with van der Waals surface area (Å²) in [6.07, 6.45) is 4.46. The molecule has 0 bridgehead atoms. The second kappa shape index (κ2) is 3.79. The van der Waals surface area contributed by atoms with Crippen molar-refractivity contribution < 1.29 is 5.11 Å². The Morgan fingerprint density at radius 1 is 1.54 bits per heavy atom. The van der Waals surface area contributed by atoms with E-state index in [0.717, 1.165) is 24.6 Å². The quantitative estimate of drug-likeness (QED) is 0.723. The first-order chi connectivity index (χ1) is 6.20. The van der Waals surface area contributed by atoms with Crippen LogP contribution in [0, 0.1) is 0 Å². The van der Waals surface area contributed by atoms with Gasteiger partial charge in [0, 0.05) is 17.8 Å². The van der Waals surface area contributed by atoms with Gasteiger partial charge in [-0.3, -0.25) is 0 Å². The Morgan fingerprint density at radius 2 is 2.31 bits per heavy atom. The minimum absolute atomic E-state index is 0.354. The zero-order chi connectivity index (χ0) is 9.31. The van der Waals surface area contributed by atoms with Gasteiger partial charge in [0.25, 0.3) is 0 Å². The van der Waals surface area contributed by atoms with Crippen LogP contribution in [0.5, 0.6) is 0 Å². The average molecular weight is 201 g/mol. The SMILES string of the molecule is CC1SCCC1NCC1(O)CCC1. The van der Waals surface area contributed by atoms with Crippen molar-refractivity contribution in [1.82, 2.24) is 5.32 Å². The first kappa shape index (κ1) is 9.81. The van der Waals surface area contributed by atoms with Gasteiger partial charge >= 0.3 is 0 Å². The van der Waals surface area contributed by atoms with E-state index < -0.39 is 0 Å². The molecule has 1 aliphatic carbocycles. The van der Waals surface area contributed by atoms with Crippen LogP contribution in [0.1, 0.15) is 32.6 Å². The van der Waals surface area contributed by atoms with Gasteiger partial charge in [0.2, 0.25) is 0 Å². The highest BCUT2D eigenvalue weighted by atomic mass is 32.2. The van der Waals surface area contributed by atoms with Crippen LogP contribution in [0.3, 0.4) is 0 Å². The molecule has 0 aromatic rings. The summed E-state index contributed by atoms with van der Waals surface area (Å²) in [5, 5.41) is 14.1. The molecular weight excluding hydrogens is 182 g/mol. The van der Waals surface area contributed by atoms with Crippen LogP contribution in [0.2, 0.25) is 0 Å². The van der Waals surface area contributed by atoms with Crippen molar-refractivity contribution in [2.75, 3.05) is 12.3 Å². The van der Waals surface area contributed by atoms with Crippen molar-refractivity contribution in [3.63, 3.8) is 0 Å². The summed E-state index contributed by atoms with van der Waals surface area (Å²) in [5.41, 5.74) is -0.354. The van der Waals surface area contributed by atoms with E-state index in [1.54, 1.807) is 0 Å². The highest BCUT2D eigenvalue weighted by molar-refractivity contribution is 8.00. The summed E-state index contributed by atoms with van der Waals surface area (Å²) >= 11 is 2.04. The first-order valence-corrected chi connectivity index (χ1v) is 6.32. The Kier molecular flexibility index (Phi) is 2.86. The van der Waals surface area contributed by atoms with Crippen molar-refractivity contribution in [3.8, 4) is 0 Å². The average Bonchev–Trinajstić information content (AvgIpc) is 2.44. The molecule has 1 saturated heterocycles. The van der Waals surface area contributed by atoms with Crippen molar-refractivity contribution in [3.05, 3.63) is 0 Å². The molecule has 3 heteroatoms. The lowest BCUT2D eigenvalue weighted by Crippen LogP contribution is -2.50. The normalized spacial score (nSPS) is 37.4. The first-order valence-electron chi connectivity index (χ1n) is 5.27. The molecule has 2 nitrogen and oxygen atoms in total. The predicted octanol–water partition coefficient (Wildman–Crippen LogP) is 1.39. The minimum atomic E-state index is -0.354. The summed E-state index contributed by atoms with van der Waals surface area (Å²) in [5.74, 6) is 1.28. The van der Waals surface area contributed by atoms with Crippen LogP contribution in [0.4, 0.5) is 0 Å². The molecule has 1 saturated carbocycles. The highest BCUT2D eigenvalue weighted by Crippen LogP contribution is 2.32. The van der Waals surface area contributed by atoms with Crippen molar-refractivity contribution in [2.24, 2.45) is 0 Å². The van der Waals surface area contributed by atoms with Crippen molar-refractivity contribution >= 4 is 11.8 Å². The highest BCUT2D eigenvalue weighted by Gasteiger charge is 2.35. The molecule has 1 heterocycles. The van der Waals surface area contributed by atoms with Gasteiger partial charge in [0.15, 0.2) is 0 Å². The van der Waals surface area contributed by atoms with E-state index in [-0.39, 0.29) is 5.60 Å². The van der Waals surface area contributed by atoms with Crippen LogP contribution in [-0.2, 0) is 0 Å². The van der Waals surface area contributed by atoms with E-state index in [0.29, 0.717) is 6.04 Å². The van der Waals surface area contributed by atoms with Gasteiger partial charge in [-0.05, 0) is 31.4 Å².